The van der Waals surface area contributed by atoms with Crippen LogP contribution in [-0.2, 0) is 4.79 Å². The third kappa shape index (κ3) is 3.54. The molecule has 0 radical (unpaired) electrons. The van der Waals surface area contributed by atoms with E-state index in [1.165, 1.54) is 18.5 Å². The average Bonchev–Trinajstić information content (AvgIpc) is 2.24. The number of carbonyl (C=O) groups is 2. The maximum Gasteiger partial charge on any atom is 0.200 e. The van der Waals surface area contributed by atoms with Crippen LogP contribution in [0.4, 0.5) is 0 Å². The summed E-state index contributed by atoms with van der Waals surface area (Å²) in [5.74, 6) is -0.483. The molecule has 1 aromatic heterocycles. The summed E-state index contributed by atoms with van der Waals surface area (Å²) in [4.78, 5) is 28.1. The van der Waals surface area contributed by atoms with Gasteiger partial charge < -0.3 is 4.90 Å². The van der Waals surface area contributed by atoms with Gasteiger partial charge in [0.2, 0.25) is 5.78 Å². The van der Waals surface area contributed by atoms with Gasteiger partial charge in [0, 0.05) is 26.5 Å². The molecule has 0 bridgehead atoms. The zero-order valence-electron chi connectivity index (χ0n) is 9.28. The Kier molecular flexibility index (Phi) is 4.66. The predicted octanol–water partition coefficient (Wildman–Crippen LogP) is 2.22. The Hall–Kier alpha value is -1.39. The second-order valence-corrected chi connectivity index (χ2v) is 4.28. The molecular weight excluding hydrogens is 263 g/mol. The van der Waals surface area contributed by atoms with Crippen LogP contribution >= 0.6 is 23.2 Å². The quantitative estimate of drug-likeness (QED) is 0.211. The number of Topliss-reactive ketones (excluding diaryl/α,β-unsaturated/α-hetero) is 1. The Bertz CT molecular complexity index is 484. The Labute approximate surface area is 109 Å². The zero-order chi connectivity index (χ0) is 13.0. The fourth-order valence-electron chi connectivity index (χ4n) is 1.15. The van der Waals surface area contributed by atoms with Crippen molar-refractivity contribution in [3.8, 4) is 0 Å². The molecule has 90 valence electrons. The van der Waals surface area contributed by atoms with Crippen LogP contribution in [0.3, 0.4) is 0 Å². The molecule has 0 aliphatic rings. The molecule has 6 heteroatoms. The number of allylic oxidation sites excluding steroid dienone is 1. The summed E-state index contributed by atoms with van der Waals surface area (Å²) in [6.07, 6.45) is 3.15. The van der Waals surface area contributed by atoms with Crippen molar-refractivity contribution in [2.75, 3.05) is 14.1 Å². The van der Waals surface area contributed by atoms with E-state index in [1.54, 1.807) is 19.0 Å². The number of aromatic nitrogens is 1. The van der Waals surface area contributed by atoms with Gasteiger partial charge in [-0.15, -0.1) is 0 Å². The van der Waals surface area contributed by atoms with Crippen molar-refractivity contribution in [1.82, 2.24) is 9.88 Å². The van der Waals surface area contributed by atoms with Crippen LogP contribution in [0, 0.1) is 0 Å². The summed E-state index contributed by atoms with van der Waals surface area (Å²) >= 11 is 11.5. The Morgan fingerprint density at radius 3 is 2.53 bits per heavy atom. The van der Waals surface area contributed by atoms with E-state index in [0.29, 0.717) is 6.29 Å². The molecule has 4 nitrogen and oxygen atoms in total. The molecule has 0 N–H and O–H groups in total. The Morgan fingerprint density at radius 2 is 2.06 bits per heavy atom. The third-order valence-electron chi connectivity index (χ3n) is 1.85. The second-order valence-electron chi connectivity index (χ2n) is 3.48. The lowest BCUT2D eigenvalue weighted by Crippen LogP contribution is -2.11. The Balaban J connectivity index is 3.15. The molecule has 0 amide bonds. The van der Waals surface area contributed by atoms with E-state index >= 15 is 0 Å². The highest BCUT2D eigenvalue weighted by Crippen LogP contribution is 2.20. The van der Waals surface area contributed by atoms with Crippen molar-refractivity contribution in [2.45, 2.75) is 0 Å². The fourth-order valence-corrected chi connectivity index (χ4v) is 1.60. The van der Waals surface area contributed by atoms with Gasteiger partial charge in [-0.3, -0.25) is 9.59 Å². The first kappa shape index (κ1) is 13.7. The molecule has 0 aliphatic heterocycles. The number of nitrogens with zero attached hydrogens (tertiary/aromatic N) is 2. The van der Waals surface area contributed by atoms with Gasteiger partial charge in [-0.05, 0) is 6.07 Å². The first-order chi connectivity index (χ1) is 7.95. The summed E-state index contributed by atoms with van der Waals surface area (Å²) in [5.41, 5.74) is 0.150. The summed E-state index contributed by atoms with van der Waals surface area (Å²) in [7, 11) is 3.41. The van der Waals surface area contributed by atoms with Crippen LogP contribution in [0.1, 0.15) is 10.4 Å². The van der Waals surface area contributed by atoms with E-state index < -0.39 is 5.78 Å². The van der Waals surface area contributed by atoms with Crippen LogP contribution in [0.5, 0.6) is 0 Å². The topological polar surface area (TPSA) is 50.3 Å². The fraction of sp³-hybridized carbons (Fsp3) is 0.182. The first-order valence-electron chi connectivity index (χ1n) is 4.65. The van der Waals surface area contributed by atoms with Gasteiger partial charge in [-0.25, -0.2) is 4.98 Å². The number of hydrogen-bond donors (Lipinski definition) is 0. The molecule has 0 aromatic carbocycles. The van der Waals surface area contributed by atoms with Crippen molar-refractivity contribution < 1.29 is 9.59 Å². The van der Waals surface area contributed by atoms with Gasteiger partial charge in [-0.2, -0.15) is 0 Å². The van der Waals surface area contributed by atoms with Crippen molar-refractivity contribution >= 4 is 35.3 Å². The molecule has 1 rings (SSSR count). The average molecular weight is 273 g/mol. The summed E-state index contributed by atoms with van der Waals surface area (Å²) in [6, 6.07) is 1.36. The molecule has 0 spiro atoms. The largest absolute Gasteiger partial charge is 0.383 e. The van der Waals surface area contributed by atoms with Gasteiger partial charge in [0.25, 0.3) is 0 Å². The van der Waals surface area contributed by atoms with E-state index in [9.17, 15) is 9.59 Å². The molecule has 0 saturated carbocycles. The van der Waals surface area contributed by atoms with E-state index in [4.69, 9.17) is 23.2 Å². The summed E-state index contributed by atoms with van der Waals surface area (Å²) < 4.78 is 0. The van der Waals surface area contributed by atoms with Gasteiger partial charge in [0.1, 0.15) is 5.15 Å². The van der Waals surface area contributed by atoms with E-state index in [1.807, 2.05) is 0 Å². The molecule has 0 saturated heterocycles. The van der Waals surface area contributed by atoms with Crippen molar-refractivity contribution in [3.63, 3.8) is 0 Å². The predicted molar refractivity (Wildman–Crippen MR) is 66.4 cm³/mol. The number of rotatable bonds is 4. The lowest BCUT2D eigenvalue weighted by atomic mass is 10.1. The normalized spacial score (nSPS) is 11.2. The van der Waals surface area contributed by atoms with Crippen molar-refractivity contribution in [2.24, 2.45) is 0 Å². The lowest BCUT2D eigenvalue weighted by molar-refractivity contribution is -0.104. The van der Waals surface area contributed by atoms with Crippen LogP contribution in [0.2, 0.25) is 10.2 Å². The molecule has 1 heterocycles. The lowest BCUT2D eigenvalue weighted by Gasteiger charge is -2.07. The number of pyridine rings is 1. The highest BCUT2D eigenvalue weighted by molar-refractivity contribution is 6.37. The van der Waals surface area contributed by atoms with Crippen LogP contribution in [-0.4, -0.2) is 36.0 Å². The number of aldehydes is 1. The maximum absolute atomic E-state index is 11.9. The van der Waals surface area contributed by atoms with E-state index in [-0.39, 0.29) is 21.3 Å². The minimum Gasteiger partial charge on any atom is -0.383 e. The minimum atomic E-state index is -0.483. The van der Waals surface area contributed by atoms with Gasteiger partial charge in [-0.1, -0.05) is 23.2 Å². The molecule has 0 aliphatic carbocycles. The molecule has 0 unspecified atom stereocenters. The highest BCUT2D eigenvalue weighted by atomic mass is 35.5. The second kappa shape index (κ2) is 5.80. The molecule has 1 aromatic rings. The van der Waals surface area contributed by atoms with Gasteiger partial charge in [0.15, 0.2) is 6.29 Å². The van der Waals surface area contributed by atoms with Crippen LogP contribution < -0.4 is 0 Å². The van der Waals surface area contributed by atoms with Crippen LogP contribution in [0.15, 0.2) is 24.0 Å². The number of hydrogen-bond acceptors (Lipinski definition) is 4. The van der Waals surface area contributed by atoms with Gasteiger partial charge >= 0.3 is 0 Å². The minimum absolute atomic E-state index is 0.000947. The highest BCUT2D eigenvalue weighted by Gasteiger charge is 2.16. The zero-order valence-corrected chi connectivity index (χ0v) is 10.8. The molecule has 17 heavy (non-hydrogen) atoms. The smallest absolute Gasteiger partial charge is 0.200 e. The molecule has 0 fully saturated rings. The molecular formula is C11H10Cl2N2O2. The number of carbonyl (C=O) groups excluding carboxylic acids is 2. The monoisotopic (exact) mass is 272 g/mol. The SMILES string of the molecule is CN(C)/C=C(\C=O)C(=O)c1cnc(Cl)cc1Cl. The summed E-state index contributed by atoms with van der Waals surface area (Å²) in [6.45, 7) is 0. The van der Waals surface area contributed by atoms with E-state index in [0.717, 1.165) is 0 Å². The Morgan fingerprint density at radius 1 is 1.41 bits per heavy atom. The van der Waals surface area contributed by atoms with Crippen LogP contribution in [0.25, 0.3) is 0 Å². The standard InChI is InChI=1S/C11H10Cl2N2O2/c1-15(2)5-7(6-16)11(17)8-4-14-10(13)3-9(8)12/h3-6H,1-2H3/b7-5+. The number of ketones is 1. The first-order valence-corrected chi connectivity index (χ1v) is 5.40. The molecule has 0 atom stereocenters. The van der Waals surface area contributed by atoms with E-state index in [2.05, 4.69) is 4.98 Å². The van der Waals surface area contributed by atoms with Crippen molar-refractivity contribution in [3.05, 3.63) is 39.8 Å². The van der Waals surface area contributed by atoms with Crippen molar-refractivity contribution in [1.29, 1.82) is 0 Å². The maximum atomic E-state index is 11.9. The van der Waals surface area contributed by atoms with Gasteiger partial charge in [0.05, 0.1) is 16.2 Å². The number of halogens is 2. The summed E-state index contributed by atoms with van der Waals surface area (Å²) in [5, 5.41) is 0.359. The third-order valence-corrected chi connectivity index (χ3v) is 2.37.